The second kappa shape index (κ2) is 7.54. The second-order valence-electron chi connectivity index (χ2n) is 5.75. The Morgan fingerprint density at radius 3 is 2.86 bits per heavy atom. The van der Waals surface area contributed by atoms with Crippen LogP contribution >= 0.6 is 22.7 Å². The van der Waals surface area contributed by atoms with Crippen molar-refractivity contribution in [3.8, 4) is 0 Å². The van der Waals surface area contributed by atoms with Gasteiger partial charge in [0.2, 0.25) is 0 Å². The van der Waals surface area contributed by atoms with Crippen LogP contribution in [0.1, 0.15) is 35.6 Å². The molecule has 1 N–H and O–H groups in total. The molecule has 3 rings (SSSR count). The largest absolute Gasteiger partial charge is 0.305 e. The van der Waals surface area contributed by atoms with Crippen molar-refractivity contribution in [3.63, 3.8) is 0 Å². The second-order valence-corrected chi connectivity index (χ2v) is 7.76. The van der Waals surface area contributed by atoms with E-state index < -0.39 is 0 Å². The van der Waals surface area contributed by atoms with Crippen LogP contribution in [-0.4, -0.2) is 30.6 Å². The van der Waals surface area contributed by atoms with Gasteiger partial charge in [0.15, 0.2) is 0 Å². The Morgan fingerprint density at radius 2 is 2.14 bits per heavy atom. The highest BCUT2D eigenvalue weighted by Gasteiger charge is 2.23. The lowest BCUT2D eigenvalue weighted by Gasteiger charge is -2.34. The van der Waals surface area contributed by atoms with E-state index in [0.717, 1.165) is 6.42 Å². The van der Waals surface area contributed by atoms with Gasteiger partial charge in [0.25, 0.3) is 0 Å². The van der Waals surface area contributed by atoms with E-state index >= 15 is 0 Å². The number of piperidine rings is 1. The summed E-state index contributed by atoms with van der Waals surface area (Å²) in [5.74, 6) is 0. The number of hydrogen-bond donors (Lipinski definition) is 1. The van der Waals surface area contributed by atoms with E-state index in [1.54, 1.807) is 0 Å². The van der Waals surface area contributed by atoms with Crippen molar-refractivity contribution in [3.05, 3.63) is 44.8 Å². The summed E-state index contributed by atoms with van der Waals surface area (Å²) < 4.78 is 0. The maximum atomic E-state index is 3.94. The minimum atomic E-state index is 0.463. The van der Waals surface area contributed by atoms with E-state index in [1.807, 2.05) is 22.7 Å². The Morgan fingerprint density at radius 1 is 1.29 bits per heavy atom. The number of thiophene rings is 2. The summed E-state index contributed by atoms with van der Waals surface area (Å²) in [7, 11) is 0. The van der Waals surface area contributed by atoms with Gasteiger partial charge in [-0.15, -0.1) is 22.7 Å². The molecule has 1 aliphatic heterocycles. The van der Waals surface area contributed by atoms with Gasteiger partial charge in [0.1, 0.15) is 0 Å². The van der Waals surface area contributed by atoms with Gasteiger partial charge in [0.05, 0.1) is 0 Å². The average molecular weight is 321 g/mol. The monoisotopic (exact) mass is 320 g/mol. The zero-order chi connectivity index (χ0) is 14.5. The summed E-state index contributed by atoms with van der Waals surface area (Å²) in [5, 5.41) is 8.31. The molecule has 0 amide bonds. The maximum Gasteiger partial charge on any atom is 0.0466 e. The topological polar surface area (TPSA) is 15.3 Å². The van der Waals surface area contributed by atoms with E-state index in [9.17, 15) is 0 Å². The van der Waals surface area contributed by atoms with Crippen LogP contribution in [0.4, 0.5) is 0 Å². The Labute approximate surface area is 135 Å². The molecule has 2 atom stereocenters. The quantitative estimate of drug-likeness (QED) is 0.859. The summed E-state index contributed by atoms with van der Waals surface area (Å²) in [6.45, 7) is 5.91. The molecule has 2 aromatic rings. The van der Waals surface area contributed by atoms with Crippen molar-refractivity contribution in [2.45, 2.75) is 38.3 Å². The van der Waals surface area contributed by atoms with Gasteiger partial charge in [0, 0.05) is 34.8 Å². The summed E-state index contributed by atoms with van der Waals surface area (Å²) in [6.07, 6.45) is 3.74. The van der Waals surface area contributed by atoms with Gasteiger partial charge < -0.3 is 10.2 Å². The maximum absolute atomic E-state index is 3.94. The normalized spacial score (nSPS) is 21.5. The number of likely N-dealkylation sites (tertiary alicyclic amines) is 1. The number of rotatable bonds is 6. The number of nitrogens with zero attached hydrogens (tertiary/aromatic N) is 1. The molecule has 21 heavy (non-hydrogen) atoms. The van der Waals surface area contributed by atoms with Crippen LogP contribution in [0, 0.1) is 0 Å². The van der Waals surface area contributed by atoms with E-state index in [1.165, 1.54) is 42.2 Å². The molecule has 2 nitrogen and oxygen atoms in total. The minimum Gasteiger partial charge on any atom is -0.305 e. The smallest absolute Gasteiger partial charge is 0.0466 e. The summed E-state index contributed by atoms with van der Waals surface area (Å²) in [5.41, 5.74) is 0. The number of hydrogen-bond acceptors (Lipinski definition) is 4. The molecule has 2 unspecified atom stereocenters. The molecule has 1 aliphatic rings. The third kappa shape index (κ3) is 4.16. The average Bonchev–Trinajstić information content (AvgIpc) is 3.20. The molecule has 0 bridgehead atoms. The predicted molar refractivity (Wildman–Crippen MR) is 93.4 cm³/mol. The van der Waals surface area contributed by atoms with Crippen molar-refractivity contribution in [1.82, 2.24) is 10.2 Å². The Bertz CT molecular complexity index is 507. The van der Waals surface area contributed by atoms with Crippen LogP contribution in [0.25, 0.3) is 0 Å². The highest BCUT2D eigenvalue weighted by molar-refractivity contribution is 7.10. The lowest BCUT2D eigenvalue weighted by molar-refractivity contribution is 0.190. The molecule has 1 saturated heterocycles. The number of nitrogens with one attached hydrogen (secondary N) is 1. The molecule has 114 valence electrons. The zero-order valence-electron chi connectivity index (χ0n) is 12.6. The van der Waals surface area contributed by atoms with Crippen LogP contribution in [0.3, 0.4) is 0 Å². The highest BCUT2D eigenvalue weighted by atomic mass is 32.1. The molecule has 0 spiro atoms. The zero-order valence-corrected chi connectivity index (χ0v) is 14.3. The summed E-state index contributed by atoms with van der Waals surface area (Å²) >= 11 is 3.75. The first-order valence-electron chi connectivity index (χ1n) is 7.89. The fraction of sp³-hybridized carbons (Fsp3) is 0.529. The standard InChI is InChI=1S/C17H24N2S2/c1-2-19-9-3-6-14(13-19)18-16(17-8-5-11-21-17)12-15-7-4-10-20-15/h4-5,7-8,10-11,14,16,18H,2-3,6,9,12-13H2,1H3. The molecule has 0 radical (unpaired) electrons. The van der Waals surface area contributed by atoms with Crippen LogP contribution in [-0.2, 0) is 6.42 Å². The van der Waals surface area contributed by atoms with Crippen LogP contribution < -0.4 is 5.32 Å². The lowest BCUT2D eigenvalue weighted by atomic mass is 10.0. The molecule has 0 aromatic carbocycles. The van der Waals surface area contributed by atoms with Gasteiger partial charge in [-0.05, 0) is 48.8 Å². The first-order valence-corrected chi connectivity index (χ1v) is 9.65. The van der Waals surface area contributed by atoms with Gasteiger partial charge in [-0.25, -0.2) is 0 Å². The molecule has 0 saturated carbocycles. The van der Waals surface area contributed by atoms with E-state index in [2.05, 4.69) is 52.2 Å². The summed E-state index contributed by atoms with van der Waals surface area (Å²) in [4.78, 5) is 5.51. The van der Waals surface area contributed by atoms with Gasteiger partial charge in [-0.3, -0.25) is 0 Å². The summed E-state index contributed by atoms with van der Waals surface area (Å²) in [6, 6.07) is 9.95. The van der Waals surface area contributed by atoms with Crippen molar-refractivity contribution in [2.75, 3.05) is 19.6 Å². The van der Waals surface area contributed by atoms with Crippen molar-refractivity contribution >= 4 is 22.7 Å². The fourth-order valence-electron chi connectivity index (χ4n) is 3.12. The molecule has 0 aliphatic carbocycles. The minimum absolute atomic E-state index is 0.463. The molecule has 4 heteroatoms. The van der Waals surface area contributed by atoms with Gasteiger partial charge in [-0.2, -0.15) is 0 Å². The lowest BCUT2D eigenvalue weighted by Crippen LogP contribution is -2.46. The van der Waals surface area contributed by atoms with Crippen molar-refractivity contribution in [2.24, 2.45) is 0 Å². The van der Waals surface area contributed by atoms with Crippen LogP contribution in [0.15, 0.2) is 35.0 Å². The highest BCUT2D eigenvalue weighted by Crippen LogP contribution is 2.26. The van der Waals surface area contributed by atoms with E-state index in [4.69, 9.17) is 0 Å². The first kappa shape index (κ1) is 15.2. The van der Waals surface area contributed by atoms with Gasteiger partial charge in [-0.1, -0.05) is 19.1 Å². The SMILES string of the molecule is CCN1CCCC(NC(Cc2cccs2)c2cccs2)C1. The molecular weight excluding hydrogens is 296 g/mol. The Hall–Kier alpha value is -0.680. The fourth-order valence-corrected chi connectivity index (χ4v) is 4.66. The third-order valence-electron chi connectivity index (χ3n) is 4.26. The van der Waals surface area contributed by atoms with Crippen molar-refractivity contribution in [1.29, 1.82) is 0 Å². The van der Waals surface area contributed by atoms with Crippen LogP contribution in [0.2, 0.25) is 0 Å². The van der Waals surface area contributed by atoms with Crippen molar-refractivity contribution < 1.29 is 0 Å². The third-order valence-corrected chi connectivity index (χ3v) is 6.15. The Balaban J connectivity index is 1.67. The molecular formula is C17H24N2S2. The molecule has 2 aromatic heterocycles. The Kier molecular flexibility index (Phi) is 5.47. The number of likely N-dealkylation sites (N-methyl/N-ethyl adjacent to an activating group) is 1. The van der Waals surface area contributed by atoms with E-state index in [-0.39, 0.29) is 0 Å². The first-order chi connectivity index (χ1) is 10.3. The van der Waals surface area contributed by atoms with E-state index in [0.29, 0.717) is 12.1 Å². The molecule has 3 heterocycles. The van der Waals surface area contributed by atoms with Crippen LogP contribution in [0.5, 0.6) is 0 Å². The predicted octanol–water partition coefficient (Wildman–Crippen LogP) is 4.17. The van der Waals surface area contributed by atoms with Gasteiger partial charge >= 0.3 is 0 Å². The molecule has 1 fully saturated rings.